The number of allylic oxidation sites excluding steroid dienone is 3. The normalized spacial score (nSPS) is 16.9. The highest BCUT2D eigenvalue weighted by Crippen LogP contribution is 2.31. The standard InChI is InChI=1S/C22H31N5OS/c1-6-27-19-11-10-16(14-18(19)25-21(27)22(2,3)4)26(5)29-17-8-7-9-20(24-15-17)23-12-13-28/h7-11,14-15,20,23,28H,6,12-13H2,1-5H3. The molecule has 2 aromatic rings. The molecule has 3 rings (SSSR count). The molecule has 2 N–H and O–H groups in total. The van der Waals surface area contributed by atoms with Crippen LogP contribution < -0.4 is 9.62 Å². The zero-order valence-corrected chi connectivity index (χ0v) is 18.7. The Hall–Kier alpha value is -2.09. The average molecular weight is 414 g/mol. The van der Waals surface area contributed by atoms with Gasteiger partial charge in [-0.15, -0.1) is 0 Å². The monoisotopic (exact) mass is 413 g/mol. The summed E-state index contributed by atoms with van der Waals surface area (Å²) in [6, 6.07) is 6.46. The molecular weight excluding hydrogens is 382 g/mol. The van der Waals surface area contributed by atoms with Crippen molar-refractivity contribution in [1.29, 1.82) is 0 Å². The third kappa shape index (κ3) is 5.10. The minimum Gasteiger partial charge on any atom is -0.395 e. The van der Waals surface area contributed by atoms with Gasteiger partial charge in [-0.2, -0.15) is 0 Å². The van der Waals surface area contributed by atoms with E-state index in [0.717, 1.165) is 28.5 Å². The second-order valence-electron chi connectivity index (χ2n) is 8.05. The summed E-state index contributed by atoms with van der Waals surface area (Å²) < 4.78 is 4.44. The number of nitrogens with zero attached hydrogens (tertiary/aromatic N) is 4. The molecule has 0 fully saturated rings. The third-order valence-electron chi connectivity index (χ3n) is 4.71. The molecule has 29 heavy (non-hydrogen) atoms. The van der Waals surface area contributed by atoms with E-state index >= 15 is 0 Å². The fourth-order valence-corrected chi connectivity index (χ4v) is 4.09. The van der Waals surface area contributed by atoms with Crippen LogP contribution in [0.2, 0.25) is 0 Å². The zero-order chi connectivity index (χ0) is 21.0. The first-order valence-electron chi connectivity index (χ1n) is 10.0. The van der Waals surface area contributed by atoms with Crippen molar-refractivity contribution in [3.8, 4) is 0 Å². The van der Waals surface area contributed by atoms with Gasteiger partial charge in [-0.1, -0.05) is 26.8 Å². The number of aromatic nitrogens is 2. The van der Waals surface area contributed by atoms with Crippen LogP contribution in [0.15, 0.2) is 46.3 Å². The summed E-state index contributed by atoms with van der Waals surface area (Å²) in [6.07, 6.45) is 7.80. The molecule has 6 nitrogen and oxygen atoms in total. The summed E-state index contributed by atoms with van der Waals surface area (Å²) in [6.45, 7) is 10.3. The van der Waals surface area contributed by atoms with E-state index in [-0.39, 0.29) is 18.2 Å². The topological polar surface area (TPSA) is 65.7 Å². The molecule has 0 aliphatic carbocycles. The fraction of sp³-hybridized carbons (Fsp3) is 0.455. The number of aliphatic imine (C=N–C) groups is 1. The van der Waals surface area contributed by atoms with Crippen LogP contribution in [0.1, 0.15) is 33.5 Å². The van der Waals surface area contributed by atoms with Gasteiger partial charge in [-0.25, -0.2) is 4.98 Å². The van der Waals surface area contributed by atoms with Gasteiger partial charge in [-0.05, 0) is 49.2 Å². The van der Waals surface area contributed by atoms with Crippen molar-refractivity contribution in [2.75, 3.05) is 24.5 Å². The molecule has 0 amide bonds. The average Bonchev–Trinajstić information content (AvgIpc) is 2.93. The Kier molecular flexibility index (Phi) is 6.82. The number of fused-ring (bicyclic) bond motifs is 1. The van der Waals surface area contributed by atoms with E-state index in [0.29, 0.717) is 6.54 Å². The maximum absolute atomic E-state index is 8.95. The summed E-state index contributed by atoms with van der Waals surface area (Å²) in [7, 11) is 2.05. The van der Waals surface area contributed by atoms with Crippen LogP contribution in [-0.4, -0.2) is 47.2 Å². The first-order chi connectivity index (χ1) is 13.8. The van der Waals surface area contributed by atoms with Crippen LogP contribution in [0.25, 0.3) is 11.0 Å². The summed E-state index contributed by atoms with van der Waals surface area (Å²) in [4.78, 5) is 10.5. The lowest BCUT2D eigenvalue weighted by molar-refractivity contribution is 0.289. The highest BCUT2D eigenvalue weighted by Gasteiger charge is 2.22. The molecule has 1 atom stereocenters. The predicted molar refractivity (Wildman–Crippen MR) is 125 cm³/mol. The zero-order valence-electron chi connectivity index (χ0n) is 17.9. The van der Waals surface area contributed by atoms with Crippen LogP contribution >= 0.6 is 11.9 Å². The summed E-state index contributed by atoms with van der Waals surface area (Å²) in [5.41, 5.74) is 3.31. The molecule has 0 radical (unpaired) electrons. The molecule has 156 valence electrons. The highest BCUT2D eigenvalue weighted by molar-refractivity contribution is 8.05. The Morgan fingerprint density at radius 3 is 2.79 bits per heavy atom. The van der Waals surface area contributed by atoms with E-state index in [1.165, 1.54) is 5.52 Å². The Bertz CT molecular complexity index is 939. The van der Waals surface area contributed by atoms with Gasteiger partial charge < -0.3 is 14.0 Å². The molecule has 0 bridgehead atoms. The number of aliphatic hydroxyl groups is 1. The summed E-state index contributed by atoms with van der Waals surface area (Å²) >= 11 is 1.63. The van der Waals surface area contributed by atoms with Crippen LogP contribution in [0.3, 0.4) is 0 Å². The van der Waals surface area contributed by atoms with Crippen molar-refractivity contribution in [2.24, 2.45) is 4.99 Å². The molecule has 1 unspecified atom stereocenters. The number of aryl methyl sites for hydroxylation is 1. The lowest BCUT2D eigenvalue weighted by Crippen LogP contribution is -2.28. The number of hydrogen-bond acceptors (Lipinski definition) is 6. The fourth-order valence-electron chi connectivity index (χ4n) is 3.31. The van der Waals surface area contributed by atoms with Gasteiger partial charge in [0.1, 0.15) is 12.0 Å². The maximum Gasteiger partial charge on any atom is 0.118 e. The molecular formula is C22H31N5OS. The predicted octanol–water partition coefficient (Wildman–Crippen LogP) is 3.87. The minimum atomic E-state index is -0.105. The largest absolute Gasteiger partial charge is 0.395 e. The Morgan fingerprint density at radius 2 is 2.10 bits per heavy atom. The lowest BCUT2D eigenvalue weighted by Gasteiger charge is -2.19. The van der Waals surface area contributed by atoms with Gasteiger partial charge >= 0.3 is 0 Å². The van der Waals surface area contributed by atoms with Crippen molar-refractivity contribution in [3.05, 3.63) is 47.2 Å². The van der Waals surface area contributed by atoms with Gasteiger partial charge in [0.15, 0.2) is 0 Å². The van der Waals surface area contributed by atoms with Gasteiger partial charge in [0.05, 0.1) is 17.6 Å². The van der Waals surface area contributed by atoms with Gasteiger partial charge in [0.25, 0.3) is 0 Å². The van der Waals surface area contributed by atoms with Crippen molar-refractivity contribution < 1.29 is 5.11 Å². The van der Waals surface area contributed by atoms with E-state index in [1.807, 2.05) is 24.4 Å². The third-order valence-corrected chi connectivity index (χ3v) is 5.64. The maximum atomic E-state index is 8.95. The molecule has 0 saturated carbocycles. The molecule has 0 saturated heterocycles. The molecule has 1 aliphatic rings. The number of hydrogen-bond donors (Lipinski definition) is 2. The Morgan fingerprint density at radius 1 is 1.31 bits per heavy atom. The van der Waals surface area contributed by atoms with Crippen molar-refractivity contribution >= 4 is 34.9 Å². The van der Waals surface area contributed by atoms with E-state index in [4.69, 9.17) is 10.1 Å². The first-order valence-corrected chi connectivity index (χ1v) is 10.8. The molecule has 1 aromatic carbocycles. The van der Waals surface area contributed by atoms with Crippen molar-refractivity contribution in [3.63, 3.8) is 0 Å². The van der Waals surface area contributed by atoms with Gasteiger partial charge in [0.2, 0.25) is 0 Å². The van der Waals surface area contributed by atoms with Crippen molar-refractivity contribution in [2.45, 2.75) is 45.8 Å². The number of imidazole rings is 1. The molecule has 1 aliphatic heterocycles. The SMILES string of the molecule is CCn1c(C(C)(C)C)nc2cc(N(C)SC3=CC=CC(NCCO)N=C3)ccc21. The molecule has 7 heteroatoms. The number of nitrogens with one attached hydrogen (secondary N) is 1. The van der Waals surface area contributed by atoms with Crippen LogP contribution in [-0.2, 0) is 12.0 Å². The van der Waals surface area contributed by atoms with Crippen molar-refractivity contribution in [1.82, 2.24) is 14.9 Å². The minimum absolute atomic E-state index is 0.00437. The van der Waals surface area contributed by atoms with E-state index in [1.54, 1.807) is 11.9 Å². The summed E-state index contributed by atoms with van der Waals surface area (Å²) in [5, 5.41) is 12.1. The number of rotatable bonds is 7. The smallest absolute Gasteiger partial charge is 0.118 e. The molecule has 2 heterocycles. The quantitative estimate of drug-likeness (QED) is 0.675. The highest BCUT2D eigenvalue weighted by atomic mass is 32.2. The summed E-state index contributed by atoms with van der Waals surface area (Å²) in [5.74, 6) is 1.12. The van der Waals surface area contributed by atoms with E-state index < -0.39 is 0 Å². The van der Waals surface area contributed by atoms with Gasteiger partial charge in [-0.3, -0.25) is 10.3 Å². The second kappa shape index (κ2) is 9.15. The van der Waals surface area contributed by atoms with Crippen LogP contribution in [0.5, 0.6) is 0 Å². The van der Waals surface area contributed by atoms with Crippen LogP contribution in [0.4, 0.5) is 5.69 Å². The Labute approximate surface area is 177 Å². The Balaban J connectivity index is 1.79. The van der Waals surface area contributed by atoms with E-state index in [2.05, 4.69) is 72.1 Å². The molecule has 1 aromatic heterocycles. The number of anilines is 1. The van der Waals surface area contributed by atoms with Gasteiger partial charge in [0, 0.05) is 42.4 Å². The number of aliphatic hydroxyl groups excluding tert-OH is 1. The molecule has 0 spiro atoms. The second-order valence-corrected chi connectivity index (χ2v) is 9.25. The first kappa shape index (κ1) is 21.6. The van der Waals surface area contributed by atoms with Crippen LogP contribution in [0, 0.1) is 0 Å². The lowest BCUT2D eigenvalue weighted by atomic mass is 9.96. The van der Waals surface area contributed by atoms with E-state index in [9.17, 15) is 0 Å². The number of benzene rings is 1.